The van der Waals surface area contributed by atoms with Crippen molar-refractivity contribution >= 4 is 17.6 Å². The molecule has 31 heavy (non-hydrogen) atoms. The molecule has 0 bridgehead atoms. The Morgan fingerprint density at radius 1 is 0.645 bits per heavy atom. The fourth-order valence-electron chi connectivity index (χ4n) is 5.09. The molecule has 1 aromatic carbocycles. The minimum Gasteiger partial charge on any atom is -0.356 e. The van der Waals surface area contributed by atoms with Gasteiger partial charge in [-0.15, -0.1) is 0 Å². The van der Waals surface area contributed by atoms with Crippen molar-refractivity contribution in [3.8, 4) is 0 Å². The van der Waals surface area contributed by atoms with Gasteiger partial charge in [0.1, 0.15) is 11.6 Å². The summed E-state index contributed by atoms with van der Waals surface area (Å²) in [6.07, 6.45) is 7.48. The van der Waals surface area contributed by atoms with Crippen LogP contribution in [0.25, 0.3) is 0 Å². The molecule has 5 rings (SSSR count). The van der Waals surface area contributed by atoms with Crippen molar-refractivity contribution in [1.82, 2.24) is 14.9 Å². The third-order valence-electron chi connectivity index (χ3n) is 6.99. The molecule has 4 heterocycles. The SMILES string of the molecule is c1ccc(CCCN2CCN(c3cc(N4CCCC4)nc(N4CCCC4)n3)CC2)cc1. The van der Waals surface area contributed by atoms with Gasteiger partial charge in [0.15, 0.2) is 0 Å². The van der Waals surface area contributed by atoms with E-state index in [1.54, 1.807) is 0 Å². The van der Waals surface area contributed by atoms with E-state index in [1.807, 2.05) is 0 Å². The van der Waals surface area contributed by atoms with Crippen LogP contribution in [0.4, 0.5) is 17.6 Å². The van der Waals surface area contributed by atoms with Gasteiger partial charge in [0.05, 0.1) is 0 Å². The Bertz CT molecular complexity index is 787. The van der Waals surface area contributed by atoms with Crippen molar-refractivity contribution in [2.24, 2.45) is 0 Å². The fraction of sp³-hybridized carbons (Fsp3) is 0.600. The van der Waals surface area contributed by atoms with Crippen LogP contribution >= 0.6 is 0 Å². The van der Waals surface area contributed by atoms with Crippen LogP contribution in [-0.4, -0.2) is 73.8 Å². The van der Waals surface area contributed by atoms with Gasteiger partial charge >= 0.3 is 0 Å². The van der Waals surface area contributed by atoms with Gasteiger partial charge in [-0.3, -0.25) is 4.90 Å². The Labute approximate surface area is 186 Å². The number of benzene rings is 1. The van der Waals surface area contributed by atoms with E-state index in [9.17, 15) is 0 Å². The monoisotopic (exact) mass is 420 g/mol. The first-order valence-electron chi connectivity index (χ1n) is 12.3. The predicted molar refractivity (Wildman–Crippen MR) is 128 cm³/mol. The number of aryl methyl sites for hydroxylation is 1. The molecule has 6 nitrogen and oxygen atoms in total. The second-order valence-corrected chi connectivity index (χ2v) is 9.19. The number of anilines is 3. The zero-order valence-corrected chi connectivity index (χ0v) is 18.8. The maximum absolute atomic E-state index is 5.03. The molecule has 166 valence electrons. The van der Waals surface area contributed by atoms with Gasteiger partial charge in [-0.05, 0) is 50.6 Å². The highest BCUT2D eigenvalue weighted by atomic mass is 15.3. The standard InChI is InChI=1S/C25H36N6/c1-2-9-22(10-3-1)11-8-12-28-17-19-30(20-18-28)24-21-23(29-13-4-5-14-29)26-25(27-24)31-15-6-7-16-31/h1-3,9-10,21H,4-8,11-20H2. The molecule has 0 N–H and O–H groups in total. The summed E-state index contributed by atoms with van der Waals surface area (Å²) in [5.74, 6) is 3.21. The van der Waals surface area contributed by atoms with Crippen LogP contribution in [0.2, 0.25) is 0 Å². The van der Waals surface area contributed by atoms with E-state index in [-0.39, 0.29) is 0 Å². The van der Waals surface area contributed by atoms with Crippen LogP contribution in [0.1, 0.15) is 37.7 Å². The van der Waals surface area contributed by atoms with Gasteiger partial charge in [0.25, 0.3) is 0 Å². The summed E-state index contributed by atoms with van der Waals surface area (Å²) >= 11 is 0. The first-order chi connectivity index (χ1) is 15.3. The molecule has 3 saturated heterocycles. The summed E-state index contributed by atoms with van der Waals surface area (Å²) in [6.45, 7) is 9.99. The van der Waals surface area contributed by atoms with Crippen LogP contribution in [0.3, 0.4) is 0 Å². The van der Waals surface area contributed by atoms with E-state index in [4.69, 9.17) is 9.97 Å². The number of aromatic nitrogens is 2. The van der Waals surface area contributed by atoms with Crippen molar-refractivity contribution in [2.75, 3.05) is 73.6 Å². The van der Waals surface area contributed by atoms with Crippen molar-refractivity contribution in [2.45, 2.75) is 38.5 Å². The predicted octanol–water partition coefficient (Wildman–Crippen LogP) is 3.43. The molecule has 1 aromatic heterocycles. The molecular formula is C25H36N6. The molecule has 3 aliphatic heterocycles. The van der Waals surface area contributed by atoms with Crippen LogP contribution in [0.5, 0.6) is 0 Å². The lowest BCUT2D eigenvalue weighted by molar-refractivity contribution is 0.254. The zero-order valence-electron chi connectivity index (χ0n) is 18.8. The number of hydrogen-bond acceptors (Lipinski definition) is 6. The van der Waals surface area contributed by atoms with E-state index in [0.29, 0.717) is 0 Å². The molecule has 0 spiro atoms. The number of hydrogen-bond donors (Lipinski definition) is 0. The molecule has 0 radical (unpaired) electrons. The van der Waals surface area contributed by atoms with Crippen molar-refractivity contribution in [1.29, 1.82) is 0 Å². The fourth-order valence-corrected chi connectivity index (χ4v) is 5.09. The molecule has 3 aliphatic rings. The second kappa shape index (κ2) is 9.86. The third kappa shape index (κ3) is 5.12. The highest BCUT2D eigenvalue weighted by Gasteiger charge is 2.24. The second-order valence-electron chi connectivity index (χ2n) is 9.19. The highest BCUT2D eigenvalue weighted by molar-refractivity contribution is 5.56. The summed E-state index contributed by atoms with van der Waals surface area (Å²) in [4.78, 5) is 19.9. The summed E-state index contributed by atoms with van der Waals surface area (Å²) in [5.41, 5.74) is 1.45. The van der Waals surface area contributed by atoms with Crippen molar-refractivity contribution < 1.29 is 0 Å². The lowest BCUT2D eigenvalue weighted by Gasteiger charge is -2.36. The molecule has 0 amide bonds. The number of piperazine rings is 1. The number of nitrogens with zero attached hydrogens (tertiary/aromatic N) is 6. The van der Waals surface area contributed by atoms with E-state index < -0.39 is 0 Å². The Balaban J connectivity index is 1.20. The smallest absolute Gasteiger partial charge is 0.229 e. The summed E-state index contributed by atoms with van der Waals surface area (Å²) in [7, 11) is 0. The van der Waals surface area contributed by atoms with Crippen molar-refractivity contribution in [3.05, 3.63) is 42.0 Å². The first kappa shape index (κ1) is 20.6. The Hall–Kier alpha value is -2.34. The summed E-state index contributed by atoms with van der Waals surface area (Å²) in [5, 5.41) is 0. The zero-order chi connectivity index (χ0) is 20.9. The lowest BCUT2D eigenvalue weighted by atomic mass is 10.1. The molecule has 0 unspecified atom stereocenters. The molecule has 0 atom stereocenters. The first-order valence-corrected chi connectivity index (χ1v) is 12.3. The van der Waals surface area contributed by atoms with Gasteiger partial charge < -0.3 is 14.7 Å². The quantitative estimate of drug-likeness (QED) is 0.683. The van der Waals surface area contributed by atoms with E-state index in [2.05, 4.69) is 56.0 Å². The topological polar surface area (TPSA) is 38.7 Å². The minimum atomic E-state index is 0.946. The van der Waals surface area contributed by atoms with Gasteiger partial charge in [0, 0.05) is 58.4 Å². The van der Waals surface area contributed by atoms with Gasteiger partial charge in [-0.25, -0.2) is 0 Å². The van der Waals surface area contributed by atoms with Gasteiger partial charge in [-0.2, -0.15) is 9.97 Å². The third-order valence-corrected chi connectivity index (χ3v) is 6.99. The summed E-state index contributed by atoms with van der Waals surface area (Å²) < 4.78 is 0. The van der Waals surface area contributed by atoms with Gasteiger partial charge in [0.2, 0.25) is 5.95 Å². The normalized spacial score (nSPS) is 20.1. The number of rotatable bonds is 7. The maximum Gasteiger partial charge on any atom is 0.229 e. The Morgan fingerprint density at radius 3 is 1.87 bits per heavy atom. The van der Waals surface area contributed by atoms with Crippen LogP contribution < -0.4 is 14.7 Å². The Kier molecular flexibility index (Phi) is 6.54. The molecule has 2 aromatic rings. The van der Waals surface area contributed by atoms with Crippen LogP contribution in [-0.2, 0) is 6.42 Å². The summed E-state index contributed by atoms with van der Waals surface area (Å²) in [6, 6.07) is 13.1. The van der Waals surface area contributed by atoms with E-state index >= 15 is 0 Å². The highest BCUT2D eigenvalue weighted by Crippen LogP contribution is 2.27. The van der Waals surface area contributed by atoms with Crippen molar-refractivity contribution in [3.63, 3.8) is 0 Å². The average molecular weight is 421 g/mol. The molecule has 6 heteroatoms. The van der Waals surface area contributed by atoms with Crippen LogP contribution in [0.15, 0.2) is 36.4 Å². The lowest BCUT2D eigenvalue weighted by Crippen LogP contribution is -2.47. The Morgan fingerprint density at radius 2 is 1.23 bits per heavy atom. The average Bonchev–Trinajstić information content (AvgIpc) is 3.55. The molecule has 3 fully saturated rings. The van der Waals surface area contributed by atoms with Gasteiger partial charge in [-0.1, -0.05) is 30.3 Å². The minimum absolute atomic E-state index is 0.946. The largest absolute Gasteiger partial charge is 0.356 e. The molecule has 0 aliphatic carbocycles. The van der Waals surface area contributed by atoms with Crippen LogP contribution in [0, 0.1) is 0 Å². The molecule has 0 saturated carbocycles. The molecular weight excluding hydrogens is 384 g/mol. The maximum atomic E-state index is 5.03. The van der Waals surface area contributed by atoms with E-state index in [0.717, 1.165) is 69.9 Å². The van der Waals surface area contributed by atoms with E-state index in [1.165, 1.54) is 50.6 Å².